The molecule has 1 unspecified atom stereocenters. The maximum Gasteiger partial charge on any atom is 0.329 e. The van der Waals surface area contributed by atoms with E-state index in [-0.39, 0.29) is 11.9 Å². The molecule has 6 heteroatoms. The summed E-state index contributed by atoms with van der Waals surface area (Å²) < 4.78 is 0. The van der Waals surface area contributed by atoms with E-state index in [0.29, 0.717) is 49.3 Å². The molecular weight excluding hydrogens is 400 g/mol. The van der Waals surface area contributed by atoms with Gasteiger partial charge in [-0.05, 0) is 42.9 Å². The van der Waals surface area contributed by atoms with Crippen LogP contribution < -0.4 is 0 Å². The Hall–Kier alpha value is -1.14. The highest BCUT2D eigenvalue weighted by atomic mass is 16.2. The number of urea groups is 1. The molecular formula is C26H52N4O2. The second-order valence-corrected chi connectivity index (χ2v) is 12.2. The van der Waals surface area contributed by atoms with Crippen molar-refractivity contribution in [3.05, 3.63) is 0 Å². The highest BCUT2D eigenvalue weighted by molar-refractivity contribution is 6.06. The molecule has 3 amide bonds. The van der Waals surface area contributed by atoms with Gasteiger partial charge in [0.25, 0.3) is 5.91 Å². The van der Waals surface area contributed by atoms with E-state index in [9.17, 15) is 9.59 Å². The van der Waals surface area contributed by atoms with Crippen LogP contribution in [0.25, 0.3) is 0 Å². The number of amides is 3. The van der Waals surface area contributed by atoms with Crippen LogP contribution in [0, 0.1) is 29.6 Å². The third kappa shape index (κ3) is 8.33. The molecule has 1 atom stereocenters. The van der Waals surface area contributed by atoms with E-state index in [1.54, 1.807) is 0 Å². The summed E-state index contributed by atoms with van der Waals surface area (Å²) in [6.45, 7) is 28.3. The van der Waals surface area contributed by atoms with Crippen molar-refractivity contribution in [2.45, 2.75) is 88.1 Å². The lowest BCUT2D eigenvalue weighted by molar-refractivity contribution is -0.135. The first kappa shape index (κ1) is 28.9. The highest BCUT2D eigenvalue weighted by Crippen LogP contribution is 2.34. The molecule has 0 aliphatic carbocycles. The standard InChI is InChI=1S/C26H52N4O2/c1-19(2)12-26(11)24(31)29(17-27(13-20(3)4)14-21(5)6)25(32)30(26)18-28(15-22(7)8)16-23(9)10/h19-23H,12-18H2,1-11H3. The molecule has 1 fully saturated rings. The number of carbonyl (C=O) groups excluding carboxylic acids is 2. The zero-order chi connectivity index (χ0) is 24.8. The first-order valence-electron chi connectivity index (χ1n) is 12.8. The van der Waals surface area contributed by atoms with Crippen molar-refractivity contribution < 1.29 is 9.59 Å². The molecule has 0 spiro atoms. The number of hydrogen-bond donors (Lipinski definition) is 0. The van der Waals surface area contributed by atoms with Crippen molar-refractivity contribution >= 4 is 11.9 Å². The predicted octanol–water partition coefficient (Wildman–Crippen LogP) is 5.20. The first-order chi connectivity index (χ1) is 14.7. The molecule has 1 aliphatic rings. The maximum absolute atomic E-state index is 13.7. The van der Waals surface area contributed by atoms with Gasteiger partial charge in [0.05, 0.1) is 13.3 Å². The molecule has 1 aliphatic heterocycles. The van der Waals surface area contributed by atoms with Crippen LogP contribution >= 0.6 is 0 Å². The van der Waals surface area contributed by atoms with Crippen LogP contribution in [0.1, 0.15) is 82.6 Å². The van der Waals surface area contributed by atoms with Gasteiger partial charge in [-0.3, -0.25) is 19.5 Å². The van der Waals surface area contributed by atoms with Crippen molar-refractivity contribution in [1.82, 2.24) is 19.6 Å². The van der Waals surface area contributed by atoms with E-state index in [0.717, 1.165) is 26.2 Å². The zero-order valence-corrected chi connectivity index (χ0v) is 22.9. The fourth-order valence-electron chi connectivity index (χ4n) is 5.03. The quantitative estimate of drug-likeness (QED) is 0.340. The molecule has 1 heterocycles. The summed E-state index contributed by atoms with van der Waals surface area (Å²) in [5.41, 5.74) is -0.793. The van der Waals surface area contributed by atoms with Crippen LogP contribution in [0.2, 0.25) is 0 Å². The van der Waals surface area contributed by atoms with Gasteiger partial charge in [0.15, 0.2) is 0 Å². The van der Waals surface area contributed by atoms with Gasteiger partial charge in [-0.1, -0.05) is 69.2 Å². The van der Waals surface area contributed by atoms with E-state index >= 15 is 0 Å². The smallest absolute Gasteiger partial charge is 0.297 e. The van der Waals surface area contributed by atoms with Crippen molar-refractivity contribution in [3.8, 4) is 0 Å². The molecule has 0 radical (unpaired) electrons. The molecule has 6 nitrogen and oxygen atoms in total. The molecule has 0 aromatic heterocycles. The number of hydrogen-bond acceptors (Lipinski definition) is 4. The Balaban J connectivity index is 3.23. The van der Waals surface area contributed by atoms with Crippen LogP contribution in [-0.4, -0.2) is 76.6 Å². The molecule has 0 saturated carbocycles. The number of imide groups is 1. The lowest BCUT2D eigenvalue weighted by Crippen LogP contribution is -2.53. The topological polar surface area (TPSA) is 47.1 Å². The van der Waals surface area contributed by atoms with E-state index in [2.05, 4.69) is 79.0 Å². The molecule has 0 bridgehead atoms. The third-order valence-corrected chi connectivity index (χ3v) is 5.75. The summed E-state index contributed by atoms with van der Waals surface area (Å²) in [5, 5.41) is 0. The van der Waals surface area contributed by atoms with Crippen molar-refractivity contribution in [3.63, 3.8) is 0 Å². The number of nitrogens with zero attached hydrogens (tertiary/aromatic N) is 4. The van der Waals surface area contributed by atoms with Crippen LogP contribution in [-0.2, 0) is 4.79 Å². The first-order valence-corrected chi connectivity index (χ1v) is 12.8. The Kier molecular flexibility index (Phi) is 11.2. The van der Waals surface area contributed by atoms with Crippen molar-refractivity contribution in [2.24, 2.45) is 29.6 Å². The fraction of sp³-hybridized carbons (Fsp3) is 0.923. The van der Waals surface area contributed by atoms with E-state index in [4.69, 9.17) is 0 Å². The average Bonchev–Trinajstić information content (AvgIpc) is 2.74. The Morgan fingerprint density at radius 1 is 0.656 bits per heavy atom. The van der Waals surface area contributed by atoms with Gasteiger partial charge < -0.3 is 0 Å². The summed E-state index contributed by atoms with van der Waals surface area (Å²) in [5.74, 6) is 2.25. The summed E-state index contributed by atoms with van der Waals surface area (Å²) in [6, 6.07) is -0.131. The third-order valence-electron chi connectivity index (χ3n) is 5.75. The molecule has 1 rings (SSSR count). The zero-order valence-electron chi connectivity index (χ0n) is 22.9. The fourth-order valence-corrected chi connectivity index (χ4v) is 5.03. The van der Waals surface area contributed by atoms with Crippen LogP contribution in [0.3, 0.4) is 0 Å². The molecule has 0 N–H and O–H groups in total. The maximum atomic E-state index is 13.7. The Bertz CT molecular complexity index is 583. The molecule has 0 aromatic carbocycles. The van der Waals surface area contributed by atoms with Crippen molar-refractivity contribution in [2.75, 3.05) is 39.5 Å². The van der Waals surface area contributed by atoms with Crippen LogP contribution in [0.4, 0.5) is 4.79 Å². The minimum Gasteiger partial charge on any atom is -0.297 e. The monoisotopic (exact) mass is 452 g/mol. The lowest BCUT2D eigenvalue weighted by Gasteiger charge is -2.38. The van der Waals surface area contributed by atoms with E-state index in [1.165, 1.54) is 4.90 Å². The molecule has 188 valence electrons. The van der Waals surface area contributed by atoms with Gasteiger partial charge in [0.1, 0.15) is 5.54 Å². The van der Waals surface area contributed by atoms with Gasteiger partial charge in [-0.15, -0.1) is 0 Å². The minimum absolute atomic E-state index is 0.0391. The summed E-state index contributed by atoms with van der Waals surface area (Å²) in [6.07, 6.45) is 0.680. The van der Waals surface area contributed by atoms with E-state index in [1.807, 2.05) is 11.8 Å². The van der Waals surface area contributed by atoms with E-state index < -0.39 is 5.54 Å². The SMILES string of the molecule is CC(C)CN(CC(C)C)CN1C(=O)N(CN(CC(C)C)CC(C)C)C(C)(CC(C)C)C1=O. The Labute approximate surface area is 198 Å². The van der Waals surface area contributed by atoms with Gasteiger partial charge >= 0.3 is 6.03 Å². The number of carbonyl (C=O) groups is 2. The lowest BCUT2D eigenvalue weighted by atomic mass is 9.89. The second kappa shape index (κ2) is 12.4. The molecule has 0 aromatic rings. The Morgan fingerprint density at radius 3 is 1.38 bits per heavy atom. The predicted molar refractivity (Wildman–Crippen MR) is 134 cm³/mol. The minimum atomic E-state index is -0.793. The summed E-state index contributed by atoms with van der Waals surface area (Å²) >= 11 is 0. The Morgan fingerprint density at radius 2 is 1.03 bits per heavy atom. The summed E-state index contributed by atoms with van der Waals surface area (Å²) in [4.78, 5) is 35.4. The van der Waals surface area contributed by atoms with Gasteiger partial charge in [0, 0.05) is 26.2 Å². The van der Waals surface area contributed by atoms with Crippen molar-refractivity contribution in [1.29, 1.82) is 0 Å². The molecule has 1 saturated heterocycles. The highest BCUT2D eigenvalue weighted by Gasteiger charge is 2.54. The average molecular weight is 453 g/mol. The summed E-state index contributed by atoms with van der Waals surface area (Å²) in [7, 11) is 0. The molecule has 32 heavy (non-hydrogen) atoms. The largest absolute Gasteiger partial charge is 0.329 e. The van der Waals surface area contributed by atoms with Crippen LogP contribution in [0.15, 0.2) is 0 Å². The van der Waals surface area contributed by atoms with Gasteiger partial charge in [0.2, 0.25) is 0 Å². The second-order valence-electron chi connectivity index (χ2n) is 12.2. The van der Waals surface area contributed by atoms with Gasteiger partial charge in [-0.25, -0.2) is 9.69 Å². The normalized spacial score (nSPS) is 20.2. The van der Waals surface area contributed by atoms with Gasteiger partial charge in [-0.2, -0.15) is 0 Å². The van der Waals surface area contributed by atoms with Crippen LogP contribution in [0.5, 0.6) is 0 Å². The number of rotatable bonds is 14.